The van der Waals surface area contributed by atoms with Crippen molar-refractivity contribution in [2.45, 2.75) is 134 Å². The highest BCUT2D eigenvalue weighted by Crippen LogP contribution is 2.62. The highest BCUT2D eigenvalue weighted by atomic mass is 32.5. The number of hydrogen-bond donors (Lipinski definition) is 5. The van der Waals surface area contributed by atoms with Gasteiger partial charge in [-0.3, -0.25) is 28.3 Å². The predicted molar refractivity (Wildman–Crippen MR) is 199 cm³/mol. The van der Waals surface area contributed by atoms with Crippen LogP contribution in [0.1, 0.15) is 78.9 Å². The van der Waals surface area contributed by atoms with Crippen molar-refractivity contribution in [3.63, 3.8) is 0 Å². The number of phosphoric ester groups is 1. The summed E-state index contributed by atoms with van der Waals surface area (Å²) in [5.74, 6) is -3.96. The first-order valence-corrected chi connectivity index (χ1v) is 22.4. The minimum absolute atomic E-state index is 0.0268. The SMILES string of the molecule is CCCCCCCCC(=O)OC[C@H](F)C1O[C@@H](OP(=O)(O)OP(O)(=S)OC[C@H]2O[C@@H](n3cnc4c(N)ncnc43)C(O)[C@H]2O)[C@H](OC(C)=O)C(OC(C)=O)[C@@H]1OC(C)=O. The van der Waals surface area contributed by atoms with E-state index >= 15 is 4.39 Å². The van der Waals surface area contributed by atoms with Gasteiger partial charge in [-0.15, -0.1) is 0 Å². The lowest BCUT2D eigenvalue weighted by Gasteiger charge is -2.45. The van der Waals surface area contributed by atoms with Crippen LogP contribution in [0.5, 0.6) is 0 Å². The van der Waals surface area contributed by atoms with Gasteiger partial charge < -0.3 is 58.7 Å². The molecule has 2 aliphatic rings. The Morgan fingerprint density at radius 2 is 1.56 bits per heavy atom. The lowest BCUT2D eigenvalue weighted by atomic mass is 9.95. The van der Waals surface area contributed by atoms with E-state index in [9.17, 15) is 43.7 Å². The van der Waals surface area contributed by atoms with Gasteiger partial charge in [-0.05, 0) is 18.2 Å². The first-order chi connectivity index (χ1) is 27.7. The molecule has 4 rings (SSSR count). The second-order valence-corrected chi connectivity index (χ2v) is 17.8. The summed E-state index contributed by atoms with van der Waals surface area (Å²) in [6.07, 6.45) is -11.4. The molecule has 4 heterocycles. The van der Waals surface area contributed by atoms with Gasteiger partial charge in [-0.25, -0.2) is 28.2 Å². The molecule has 12 atom stereocenters. The molecule has 0 amide bonds. The number of aliphatic hydroxyl groups is 2. The number of esters is 4. The molecule has 2 aliphatic heterocycles. The molecule has 0 saturated carbocycles. The van der Waals surface area contributed by atoms with Crippen LogP contribution in [0.15, 0.2) is 12.7 Å². The predicted octanol–water partition coefficient (Wildman–Crippen LogP) is 1.55. The third kappa shape index (κ3) is 13.6. The second-order valence-electron chi connectivity index (χ2n) is 13.5. The second kappa shape index (κ2) is 21.5. The van der Waals surface area contributed by atoms with Crippen molar-refractivity contribution in [1.82, 2.24) is 19.5 Å². The lowest BCUT2D eigenvalue weighted by molar-refractivity contribution is -0.296. The number of fused-ring (bicyclic) bond motifs is 1. The Hall–Kier alpha value is -3.32. The molecule has 27 heteroatoms. The number of imidazole rings is 1. The van der Waals surface area contributed by atoms with Crippen LogP contribution in [-0.4, -0.2) is 132 Å². The molecular weight excluding hydrogens is 855 g/mol. The van der Waals surface area contributed by atoms with Crippen LogP contribution in [0.2, 0.25) is 0 Å². The van der Waals surface area contributed by atoms with E-state index in [1.54, 1.807) is 0 Å². The molecule has 6 N–H and O–H groups in total. The van der Waals surface area contributed by atoms with Crippen LogP contribution in [0.25, 0.3) is 11.2 Å². The number of alkyl halides is 1. The largest absolute Gasteiger partial charge is 0.481 e. The summed E-state index contributed by atoms with van der Waals surface area (Å²) in [5, 5.41) is 21.4. The number of anilines is 1. The number of ether oxygens (including phenoxy) is 6. The van der Waals surface area contributed by atoms with Crippen LogP contribution in [-0.2, 0) is 77.3 Å². The fraction of sp³-hybridized carbons (Fsp3) is 0.719. The summed E-state index contributed by atoms with van der Waals surface area (Å²) in [7, 11) is -5.75. The maximum absolute atomic E-state index is 16.0. The van der Waals surface area contributed by atoms with Crippen LogP contribution in [0.4, 0.5) is 10.2 Å². The number of carbonyl (C=O) groups is 4. The molecule has 23 nitrogen and oxygen atoms in total. The van der Waals surface area contributed by atoms with Crippen LogP contribution >= 0.6 is 14.5 Å². The van der Waals surface area contributed by atoms with Gasteiger partial charge in [0, 0.05) is 27.2 Å². The number of nitrogens with two attached hydrogens (primary N) is 1. The van der Waals surface area contributed by atoms with Gasteiger partial charge >= 0.3 is 38.4 Å². The molecule has 59 heavy (non-hydrogen) atoms. The van der Waals surface area contributed by atoms with Crippen LogP contribution in [0.3, 0.4) is 0 Å². The van der Waals surface area contributed by atoms with Gasteiger partial charge in [0.1, 0.15) is 42.9 Å². The maximum atomic E-state index is 16.0. The molecular formula is C32H48FN5O18P2S. The highest BCUT2D eigenvalue weighted by Gasteiger charge is 2.57. The molecule has 2 fully saturated rings. The number of hydrogen-bond acceptors (Lipinski definition) is 21. The van der Waals surface area contributed by atoms with Crippen molar-refractivity contribution < 1.29 is 89.9 Å². The number of aliphatic hydroxyl groups excluding tert-OH is 2. The zero-order valence-electron chi connectivity index (χ0n) is 32.3. The van der Waals surface area contributed by atoms with Gasteiger partial charge in [-0.1, -0.05) is 39.0 Å². The highest BCUT2D eigenvalue weighted by molar-refractivity contribution is 8.08. The number of unbranched alkanes of at least 4 members (excludes halogenated alkanes) is 5. The number of carbonyl (C=O) groups excluding carboxylic acids is 4. The summed E-state index contributed by atoms with van der Waals surface area (Å²) in [6.45, 7) is -1.95. The van der Waals surface area contributed by atoms with E-state index in [0.717, 1.165) is 59.2 Å². The maximum Gasteiger partial charge on any atom is 0.481 e. The molecule has 2 aromatic heterocycles. The number of aromatic nitrogens is 4. The van der Waals surface area contributed by atoms with Crippen molar-refractivity contribution >= 4 is 67.2 Å². The molecule has 0 bridgehead atoms. The van der Waals surface area contributed by atoms with Gasteiger partial charge in [0.05, 0.1) is 12.9 Å². The first-order valence-electron chi connectivity index (χ1n) is 18.3. The monoisotopic (exact) mass is 903 g/mol. The van der Waals surface area contributed by atoms with Gasteiger partial charge in [0.2, 0.25) is 6.29 Å². The Balaban J connectivity index is 1.48. The third-order valence-corrected chi connectivity index (χ3v) is 12.3. The normalized spacial score (nSPS) is 28.3. The van der Waals surface area contributed by atoms with Crippen LogP contribution < -0.4 is 5.73 Å². The molecule has 0 aliphatic carbocycles. The number of phosphoric acid groups is 1. The average Bonchev–Trinajstić information content (AvgIpc) is 3.69. The van der Waals surface area contributed by atoms with Gasteiger partial charge in [0.15, 0.2) is 42.2 Å². The zero-order valence-corrected chi connectivity index (χ0v) is 34.9. The Morgan fingerprint density at radius 1 is 0.932 bits per heavy atom. The van der Waals surface area contributed by atoms with E-state index in [4.69, 9.17) is 59.3 Å². The number of halogens is 1. The van der Waals surface area contributed by atoms with Gasteiger partial charge in [-0.2, -0.15) is 0 Å². The fourth-order valence-corrected chi connectivity index (χ4v) is 9.29. The van der Waals surface area contributed by atoms with Crippen molar-refractivity contribution in [1.29, 1.82) is 0 Å². The fourth-order valence-electron chi connectivity index (χ4n) is 6.19. The van der Waals surface area contributed by atoms with E-state index in [1.165, 1.54) is 10.9 Å². The lowest BCUT2D eigenvalue weighted by Crippen LogP contribution is -2.64. The molecule has 332 valence electrons. The molecule has 0 spiro atoms. The number of nitrogen functional groups attached to an aromatic ring is 1. The van der Waals surface area contributed by atoms with Crippen LogP contribution in [0, 0.1) is 0 Å². The standard InChI is InChI=1S/C32H48FN5O18P2S/c1-5-6-7-8-9-10-11-21(42)48-12-19(33)25-26(50-16(2)39)27(51-17(3)40)28(52-18(4)41)32(54-25)55-57(45,46)56-58(47,59)49-13-20-23(43)24(44)31(53-20)38-15-37-22-29(34)35-14-36-30(22)38/h14-15,19-20,23-28,31-32,43-44H,5-13H2,1-4H3,(H,45,46)(H,47,59)(H2,34,35,36)/t19-,20+,23-,24?,25?,26+,27?,28+,31+,32-,58?/m0/s1. The van der Waals surface area contributed by atoms with Gasteiger partial charge in [0.25, 0.3) is 0 Å². The molecule has 2 saturated heterocycles. The first kappa shape index (κ1) is 48.3. The zero-order chi connectivity index (χ0) is 43.7. The van der Waals surface area contributed by atoms with Crippen molar-refractivity contribution in [2.75, 3.05) is 18.9 Å². The van der Waals surface area contributed by atoms with E-state index in [1.807, 2.05) is 0 Å². The third-order valence-electron chi connectivity index (χ3n) is 8.78. The Kier molecular flexibility index (Phi) is 17.6. The minimum Gasteiger partial charge on any atom is -0.462 e. The van der Waals surface area contributed by atoms with E-state index < -0.39 is 113 Å². The number of nitrogens with zero attached hydrogens (tertiary/aromatic N) is 4. The average molecular weight is 904 g/mol. The summed E-state index contributed by atoms with van der Waals surface area (Å²) in [4.78, 5) is 82.4. The minimum atomic E-state index is -5.75. The topological polar surface area (TPSA) is 319 Å². The Labute approximate surface area is 341 Å². The van der Waals surface area contributed by atoms with Crippen molar-refractivity contribution in [3.05, 3.63) is 12.7 Å². The molecule has 2 aromatic rings. The summed E-state index contributed by atoms with van der Waals surface area (Å²) >= 11 is 4.88. The molecule has 0 aromatic carbocycles. The summed E-state index contributed by atoms with van der Waals surface area (Å²) in [6, 6.07) is 0. The molecule has 0 radical (unpaired) electrons. The number of rotatable bonds is 21. The summed E-state index contributed by atoms with van der Waals surface area (Å²) < 4.78 is 77.5. The van der Waals surface area contributed by atoms with E-state index in [0.29, 0.717) is 6.42 Å². The smallest absolute Gasteiger partial charge is 0.462 e. The molecule has 5 unspecified atom stereocenters. The van der Waals surface area contributed by atoms with E-state index in [2.05, 4.69) is 21.9 Å². The quantitative estimate of drug-likeness (QED) is 0.0513. The van der Waals surface area contributed by atoms with E-state index in [-0.39, 0.29) is 23.4 Å². The van der Waals surface area contributed by atoms with Crippen molar-refractivity contribution in [2.24, 2.45) is 0 Å². The van der Waals surface area contributed by atoms with Crippen molar-refractivity contribution in [3.8, 4) is 0 Å². The Morgan fingerprint density at radius 3 is 2.22 bits per heavy atom. The summed E-state index contributed by atoms with van der Waals surface area (Å²) in [5.41, 5.74) is 6.12. The Bertz CT molecular complexity index is 1880.